The predicted octanol–water partition coefficient (Wildman–Crippen LogP) is 6.25. The minimum absolute atomic E-state index is 0.306. The Labute approximate surface area is 191 Å². The number of carbonyl (C=O) groups excluding carboxylic acids is 2. The number of carbonyl (C=O) groups is 2. The van der Waals surface area contributed by atoms with Crippen LogP contribution < -0.4 is 14.8 Å². The third-order valence-corrected chi connectivity index (χ3v) is 5.25. The van der Waals surface area contributed by atoms with Gasteiger partial charge in [0.15, 0.2) is 0 Å². The van der Waals surface area contributed by atoms with Crippen molar-refractivity contribution in [3.8, 4) is 11.5 Å². The summed E-state index contributed by atoms with van der Waals surface area (Å²) in [5.41, 5.74) is 1.21. The average Bonchev–Trinajstić information content (AvgIpc) is 2.82. The van der Waals surface area contributed by atoms with Crippen molar-refractivity contribution in [2.45, 2.75) is 58.3 Å². The lowest BCUT2D eigenvalue weighted by molar-refractivity contribution is 0.0600. The largest absolute Gasteiger partial charge is 0.495 e. The van der Waals surface area contributed by atoms with Crippen LogP contribution in [0.15, 0.2) is 42.5 Å². The van der Waals surface area contributed by atoms with E-state index in [2.05, 4.69) is 12.2 Å². The van der Waals surface area contributed by atoms with E-state index in [1.165, 1.54) is 65.2 Å². The highest BCUT2D eigenvalue weighted by atomic mass is 16.5. The molecule has 2 rings (SSSR count). The van der Waals surface area contributed by atoms with Gasteiger partial charge < -0.3 is 19.5 Å². The molecule has 0 saturated carbocycles. The maximum absolute atomic E-state index is 12.6. The first-order valence-electron chi connectivity index (χ1n) is 11.4. The lowest BCUT2D eigenvalue weighted by Gasteiger charge is -2.12. The predicted molar refractivity (Wildman–Crippen MR) is 127 cm³/mol. The minimum atomic E-state index is -0.485. The number of unbranched alkanes of at least 4 members (excludes halogenated alkanes) is 7. The smallest absolute Gasteiger partial charge is 0.337 e. The van der Waals surface area contributed by atoms with Crippen LogP contribution in [0.1, 0.15) is 79.0 Å². The molecule has 1 N–H and O–H groups in total. The van der Waals surface area contributed by atoms with Crippen molar-refractivity contribution in [2.24, 2.45) is 0 Å². The highest BCUT2D eigenvalue weighted by Crippen LogP contribution is 2.26. The number of methoxy groups -OCH3 is 2. The van der Waals surface area contributed by atoms with E-state index in [-0.39, 0.29) is 5.91 Å². The van der Waals surface area contributed by atoms with Gasteiger partial charge in [-0.2, -0.15) is 0 Å². The third kappa shape index (κ3) is 8.25. The highest BCUT2D eigenvalue weighted by Gasteiger charge is 2.14. The van der Waals surface area contributed by atoms with E-state index < -0.39 is 5.97 Å². The molecule has 1 amide bonds. The van der Waals surface area contributed by atoms with Crippen molar-refractivity contribution in [2.75, 3.05) is 26.1 Å². The molecule has 0 aliphatic carbocycles. The fraction of sp³-hybridized carbons (Fsp3) is 0.462. The first kappa shape index (κ1) is 25.2. The summed E-state index contributed by atoms with van der Waals surface area (Å²) in [6.45, 7) is 2.91. The van der Waals surface area contributed by atoms with Crippen molar-refractivity contribution >= 4 is 17.6 Å². The van der Waals surface area contributed by atoms with Crippen LogP contribution in [-0.2, 0) is 4.74 Å². The van der Waals surface area contributed by atoms with Crippen LogP contribution in [0.2, 0.25) is 0 Å². The van der Waals surface area contributed by atoms with Crippen LogP contribution in [0.4, 0.5) is 5.69 Å². The number of hydrogen-bond donors (Lipinski definition) is 1. The molecular formula is C26H35NO5. The molecule has 0 aromatic heterocycles. The highest BCUT2D eigenvalue weighted by molar-refractivity contribution is 6.05. The van der Waals surface area contributed by atoms with E-state index in [4.69, 9.17) is 14.2 Å². The summed E-state index contributed by atoms with van der Waals surface area (Å²) in [5.74, 6) is 0.409. The molecule has 174 valence electrons. The normalized spacial score (nSPS) is 10.5. The van der Waals surface area contributed by atoms with Gasteiger partial charge in [0.2, 0.25) is 0 Å². The monoisotopic (exact) mass is 441 g/mol. The quantitative estimate of drug-likeness (QED) is 0.277. The Morgan fingerprint density at radius 1 is 0.812 bits per heavy atom. The van der Waals surface area contributed by atoms with Gasteiger partial charge in [-0.1, -0.05) is 51.9 Å². The van der Waals surface area contributed by atoms with E-state index in [0.29, 0.717) is 29.2 Å². The topological polar surface area (TPSA) is 73.9 Å². The Bertz CT molecular complexity index is 848. The Balaban J connectivity index is 1.81. The van der Waals surface area contributed by atoms with Crippen molar-refractivity contribution in [1.29, 1.82) is 0 Å². The second-order valence-electron chi connectivity index (χ2n) is 7.71. The summed E-state index contributed by atoms with van der Waals surface area (Å²) >= 11 is 0. The van der Waals surface area contributed by atoms with E-state index in [1.54, 1.807) is 36.4 Å². The number of hydrogen-bond acceptors (Lipinski definition) is 5. The molecule has 0 bridgehead atoms. The van der Waals surface area contributed by atoms with Crippen LogP contribution in [0.5, 0.6) is 11.5 Å². The number of benzene rings is 2. The number of ether oxygens (including phenoxy) is 3. The molecule has 32 heavy (non-hydrogen) atoms. The zero-order valence-corrected chi connectivity index (χ0v) is 19.4. The standard InChI is InChI=1S/C26H35NO5/c1-4-5-6-7-8-9-10-11-18-32-22-15-12-20(13-16-22)25(28)27-23-19-21(26(29)31-3)14-17-24(23)30-2/h12-17,19H,4-11,18H2,1-3H3,(H,27,28). The van der Waals surface area contributed by atoms with Crippen molar-refractivity contribution < 1.29 is 23.8 Å². The molecule has 0 aliphatic rings. The van der Waals surface area contributed by atoms with Gasteiger partial charge >= 0.3 is 5.97 Å². The first-order valence-corrected chi connectivity index (χ1v) is 11.4. The van der Waals surface area contributed by atoms with Crippen LogP contribution in [0.3, 0.4) is 0 Å². The summed E-state index contributed by atoms with van der Waals surface area (Å²) in [6.07, 6.45) is 10.1. The molecule has 2 aromatic rings. The minimum Gasteiger partial charge on any atom is -0.495 e. The number of amides is 1. The Morgan fingerprint density at radius 2 is 1.44 bits per heavy atom. The summed E-state index contributed by atoms with van der Waals surface area (Å²) in [4.78, 5) is 24.4. The molecule has 0 atom stereocenters. The number of rotatable bonds is 14. The van der Waals surface area contributed by atoms with E-state index in [1.807, 2.05) is 0 Å². The van der Waals surface area contributed by atoms with Crippen LogP contribution in [-0.4, -0.2) is 32.7 Å². The zero-order valence-electron chi connectivity index (χ0n) is 19.4. The van der Waals surface area contributed by atoms with Gasteiger partial charge in [-0.05, 0) is 48.9 Å². The van der Waals surface area contributed by atoms with Crippen LogP contribution in [0, 0.1) is 0 Å². The summed E-state index contributed by atoms with van der Waals surface area (Å²) in [5, 5.41) is 2.79. The Hall–Kier alpha value is -3.02. The summed E-state index contributed by atoms with van der Waals surface area (Å²) in [6, 6.07) is 11.8. The van der Waals surface area contributed by atoms with Crippen LogP contribution >= 0.6 is 0 Å². The van der Waals surface area contributed by atoms with Crippen molar-refractivity contribution in [3.63, 3.8) is 0 Å². The molecule has 6 heteroatoms. The van der Waals surface area contributed by atoms with Gasteiger partial charge in [-0.3, -0.25) is 4.79 Å². The SMILES string of the molecule is CCCCCCCCCCOc1ccc(C(=O)Nc2cc(C(=O)OC)ccc2OC)cc1. The molecular weight excluding hydrogens is 406 g/mol. The molecule has 0 spiro atoms. The molecule has 0 saturated heterocycles. The second kappa shape index (κ2) is 14.1. The third-order valence-electron chi connectivity index (χ3n) is 5.25. The molecule has 0 aliphatic heterocycles. The van der Waals surface area contributed by atoms with Gasteiger partial charge in [-0.15, -0.1) is 0 Å². The molecule has 6 nitrogen and oxygen atoms in total. The Morgan fingerprint density at radius 3 is 2.06 bits per heavy atom. The van der Waals surface area contributed by atoms with Crippen molar-refractivity contribution in [3.05, 3.63) is 53.6 Å². The van der Waals surface area contributed by atoms with Gasteiger partial charge in [-0.25, -0.2) is 4.79 Å². The lowest BCUT2D eigenvalue weighted by Crippen LogP contribution is -2.13. The fourth-order valence-corrected chi connectivity index (χ4v) is 3.37. The average molecular weight is 442 g/mol. The van der Waals surface area contributed by atoms with Gasteiger partial charge in [0, 0.05) is 5.56 Å². The maximum Gasteiger partial charge on any atom is 0.337 e. The van der Waals surface area contributed by atoms with Gasteiger partial charge in [0.05, 0.1) is 32.1 Å². The number of nitrogens with one attached hydrogen (secondary N) is 1. The molecule has 0 fully saturated rings. The Kier molecular flexibility index (Phi) is 11.1. The van der Waals surface area contributed by atoms with Crippen molar-refractivity contribution in [1.82, 2.24) is 0 Å². The first-order chi connectivity index (χ1) is 15.6. The molecule has 0 radical (unpaired) electrons. The number of esters is 1. The second-order valence-corrected chi connectivity index (χ2v) is 7.71. The van der Waals surface area contributed by atoms with E-state index >= 15 is 0 Å². The van der Waals surface area contributed by atoms with Gasteiger partial charge in [0.25, 0.3) is 5.91 Å². The molecule has 0 heterocycles. The maximum atomic E-state index is 12.6. The fourth-order valence-electron chi connectivity index (χ4n) is 3.37. The van der Waals surface area contributed by atoms with E-state index in [9.17, 15) is 9.59 Å². The summed E-state index contributed by atoms with van der Waals surface area (Å²) in [7, 11) is 2.81. The zero-order chi connectivity index (χ0) is 23.2. The molecule has 0 unspecified atom stereocenters. The summed E-state index contributed by atoms with van der Waals surface area (Å²) < 4.78 is 15.8. The van der Waals surface area contributed by atoms with Crippen LogP contribution in [0.25, 0.3) is 0 Å². The molecule has 2 aromatic carbocycles. The number of anilines is 1. The van der Waals surface area contributed by atoms with E-state index in [0.717, 1.165) is 12.2 Å². The van der Waals surface area contributed by atoms with Gasteiger partial charge in [0.1, 0.15) is 11.5 Å². The lowest BCUT2D eigenvalue weighted by atomic mass is 10.1.